The van der Waals surface area contributed by atoms with Gasteiger partial charge in [0.05, 0.1) is 11.4 Å². The topological polar surface area (TPSA) is 44.9 Å². The van der Waals surface area contributed by atoms with Crippen LogP contribution < -0.4 is 4.74 Å². The van der Waals surface area contributed by atoms with Crippen LogP contribution in [-0.4, -0.2) is 19.3 Å². The Bertz CT molecular complexity index is 2630. The van der Waals surface area contributed by atoms with Gasteiger partial charge in [-0.2, -0.15) is 11.2 Å². The zero-order valence-electron chi connectivity index (χ0n) is 32.1. The Labute approximate surface area is 332 Å². The Morgan fingerprint density at radius 2 is 1.35 bits per heavy atom. The average Bonchev–Trinajstić information content (AvgIpc) is 3.65. The summed E-state index contributed by atoms with van der Waals surface area (Å²) >= 11 is 0. The average molecular weight is 888 g/mol. The molecule has 0 bridgehead atoms. The number of fused-ring (bicyclic) bond motifs is 3. The van der Waals surface area contributed by atoms with E-state index in [-0.39, 0.29) is 27.0 Å². The van der Waals surface area contributed by atoms with Gasteiger partial charge in [0.15, 0.2) is 0 Å². The maximum absolute atomic E-state index is 6.72. The maximum Gasteiger partial charge on any atom is 2.00 e. The summed E-state index contributed by atoms with van der Waals surface area (Å²) in [5.74, 6) is 2.71. The Balaban J connectivity index is 0.00000450. The third-order valence-corrected chi connectivity index (χ3v) is 10.2. The molecule has 0 amide bonds. The van der Waals surface area contributed by atoms with Gasteiger partial charge in [0, 0.05) is 34.3 Å². The summed E-state index contributed by atoms with van der Waals surface area (Å²) < 4.78 is 11.0. The number of hydrogen-bond acceptors (Lipinski definition) is 3. The first-order chi connectivity index (χ1) is 25.6. The van der Waals surface area contributed by atoms with Crippen molar-refractivity contribution in [3.05, 3.63) is 155 Å². The number of aromatic nitrogens is 4. The van der Waals surface area contributed by atoms with Gasteiger partial charge in [-0.3, -0.25) is 4.68 Å². The van der Waals surface area contributed by atoms with E-state index >= 15 is 0 Å². The van der Waals surface area contributed by atoms with Gasteiger partial charge in [-0.15, -0.1) is 41.3 Å². The maximum atomic E-state index is 6.72. The molecule has 0 fully saturated rings. The zero-order valence-corrected chi connectivity index (χ0v) is 34.3. The Morgan fingerprint density at radius 3 is 2.07 bits per heavy atom. The van der Waals surface area contributed by atoms with Crippen LogP contribution in [0.3, 0.4) is 0 Å². The molecule has 0 aliphatic carbocycles. The van der Waals surface area contributed by atoms with Crippen LogP contribution in [0.25, 0.3) is 55.7 Å². The van der Waals surface area contributed by atoms with Crippen LogP contribution in [0.15, 0.2) is 109 Å². The number of hydrogen-bond donors (Lipinski definition) is 0. The predicted octanol–water partition coefficient (Wildman–Crippen LogP) is 12.6. The fraction of sp³-hybridized carbons (Fsp3) is 0.208. The van der Waals surface area contributed by atoms with Gasteiger partial charge in [0.1, 0.15) is 5.82 Å². The second-order valence-electron chi connectivity index (χ2n) is 14.8. The summed E-state index contributed by atoms with van der Waals surface area (Å²) in [5, 5.41) is 7.47. The smallest absolute Gasteiger partial charge is 0.509 e. The number of aryl methyl sites for hydroxylation is 4. The summed E-state index contributed by atoms with van der Waals surface area (Å²) in [4.78, 5) is 4.82. The van der Waals surface area contributed by atoms with Crippen molar-refractivity contribution in [3.63, 3.8) is 0 Å². The van der Waals surface area contributed by atoms with Gasteiger partial charge in [0.25, 0.3) is 0 Å². The molecule has 8 aromatic rings. The molecule has 0 aliphatic heterocycles. The van der Waals surface area contributed by atoms with E-state index in [1.807, 2.05) is 12.3 Å². The molecule has 0 N–H and O–H groups in total. The van der Waals surface area contributed by atoms with Crippen molar-refractivity contribution in [2.75, 3.05) is 0 Å². The van der Waals surface area contributed by atoms with Gasteiger partial charge in [0.2, 0.25) is 0 Å². The molecule has 5 nitrogen and oxygen atoms in total. The normalized spacial score (nSPS) is 11.5. The summed E-state index contributed by atoms with van der Waals surface area (Å²) in [5.41, 5.74) is 14.4. The van der Waals surface area contributed by atoms with E-state index in [4.69, 9.17) is 14.8 Å². The molecule has 3 aromatic heterocycles. The quantitative estimate of drug-likeness (QED) is 0.143. The summed E-state index contributed by atoms with van der Waals surface area (Å²) in [6.07, 6.45) is 1.90. The number of rotatable bonds is 8. The minimum absolute atomic E-state index is 0. The van der Waals surface area contributed by atoms with Crippen LogP contribution in [0, 0.1) is 39.8 Å². The zero-order chi connectivity index (χ0) is 37.0. The molecule has 0 saturated carbocycles. The van der Waals surface area contributed by atoms with Crippen LogP contribution in [-0.2, 0) is 21.1 Å². The van der Waals surface area contributed by atoms with Gasteiger partial charge in [-0.25, -0.2) is 4.98 Å². The molecule has 0 spiro atoms. The van der Waals surface area contributed by atoms with Crippen molar-refractivity contribution in [1.82, 2.24) is 19.3 Å². The number of pyridine rings is 1. The van der Waals surface area contributed by atoms with Crippen LogP contribution in [0.2, 0.25) is 0 Å². The van der Waals surface area contributed by atoms with Gasteiger partial charge in [-0.1, -0.05) is 99.4 Å². The molecule has 0 radical (unpaired) electrons. The van der Waals surface area contributed by atoms with Crippen LogP contribution in [0.5, 0.6) is 11.5 Å². The molecule has 0 unspecified atom stereocenters. The van der Waals surface area contributed by atoms with Crippen molar-refractivity contribution >= 4 is 21.8 Å². The van der Waals surface area contributed by atoms with E-state index in [0.717, 1.165) is 61.4 Å². The predicted molar refractivity (Wildman–Crippen MR) is 218 cm³/mol. The van der Waals surface area contributed by atoms with Crippen molar-refractivity contribution in [1.29, 1.82) is 0 Å². The molecule has 8 rings (SSSR count). The Kier molecular flexibility index (Phi) is 10.2. The second kappa shape index (κ2) is 14.9. The number of ether oxygens (including phenoxy) is 1. The first-order valence-corrected chi connectivity index (χ1v) is 18.5. The number of para-hydroxylation sites is 1. The molecule has 5 aromatic carbocycles. The largest absolute Gasteiger partial charge is 2.00 e. The molecular weight excluding hydrogens is 844 g/mol. The Morgan fingerprint density at radius 1 is 0.648 bits per heavy atom. The molecule has 0 aliphatic rings. The van der Waals surface area contributed by atoms with Gasteiger partial charge in [-0.05, 0) is 91.1 Å². The van der Waals surface area contributed by atoms with Crippen LogP contribution in [0.4, 0.5) is 0 Å². The van der Waals surface area contributed by atoms with Crippen LogP contribution in [0.1, 0.15) is 73.0 Å². The molecule has 3 heterocycles. The minimum atomic E-state index is 0. The summed E-state index contributed by atoms with van der Waals surface area (Å²) in [7, 11) is 0. The molecule has 0 atom stereocenters. The van der Waals surface area contributed by atoms with Crippen LogP contribution >= 0.6 is 0 Å². The van der Waals surface area contributed by atoms with E-state index in [2.05, 4.69) is 174 Å². The number of nitrogens with zero attached hydrogens (tertiary/aromatic N) is 4. The van der Waals surface area contributed by atoms with Gasteiger partial charge < -0.3 is 9.30 Å². The van der Waals surface area contributed by atoms with Gasteiger partial charge >= 0.3 is 21.1 Å². The SMILES string of the molecule is Cc1cc(C)c(-c2c(C)nn(-c3[c-]c(Oc4[c-]c5c(cc4)c4ccccc4n5-c4cc(C(C)C)ccn4)cc(C(C)C)c3)c2-c2ccccc2)c(C)c1.[Pt+2]. The van der Waals surface area contributed by atoms with E-state index < -0.39 is 0 Å². The fourth-order valence-electron chi connectivity index (χ4n) is 7.70. The van der Waals surface area contributed by atoms with Crippen molar-refractivity contribution < 1.29 is 25.8 Å². The molecule has 272 valence electrons. The standard InChI is InChI=1S/C48H44N4O.Pt/c1-29(2)36-20-21-49-45(26-36)51-43-17-13-12-16-41(43)42-19-18-39(28-44(42)51)53-40-25-37(30(3)4)24-38(27-40)52-48(35-14-10-9-11-15-35)47(34(8)50-52)46-32(6)22-31(5)23-33(46)7;/h9-26,29-30H,1-8H3;/q-2;+2. The first kappa shape index (κ1) is 37.1. The van der Waals surface area contributed by atoms with E-state index in [1.54, 1.807) is 0 Å². The summed E-state index contributed by atoms with van der Waals surface area (Å²) in [6, 6.07) is 43.4. The fourth-order valence-corrected chi connectivity index (χ4v) is 7.70. The molecule has 0 saturated heterocycles. The molecular formula is C48H44N4OPt. The molecule has 6 heteroatoms. The third kappa shape index (κ3) is 6.71. The summed E-state index contributed by atoms with van der Waals surface area (Å²) in [6.45, 7) is 17.5. The third-order valence-electron chi connectivity index (χ3n) is 10.2. The first-order valence-electron chi connectivity index (χ1n) is 18.5. The minimum Gasteiger partial charge on any atom is -0.509 e. The number of benzene rings is 5. The van der Waals surface area contributed by atoms with Crippen molar-refractivity contribution in [3.8, 4) is 45.4 Å². The second-order valence-corrected chi connectivity index (χ2v) is 14.8. The van der Waals surface area contributed by atoms with E-state index in [0.29, 0.717) is 17.4 Å². The monoisotopic (exact) mass is 887 g/mol. The van der Waals surface area contributed by atoms with Crippen molar-refractivity contribution in [2.45, 2.75) is 67.2 Å². The Hall–Kier alpha value is -5.25. The van der Waals surface area contributed by atoms with Crippen molar-refractivity contribution in [2.24, 2.45) is 0 Å². The van der Waals surface area contributed by atoms with E-state index in [9.17, 15) is 0 Å². The van der Waals surface area contributed by atoms with E-state index in [1.165, 1.54) is 27.8 Å². The molecule has 54 heavy (non-hydrogen) atoms.